The number of benzene rings is 1. The van der Waals surface area contributed by atoms with Gasteiger partial charge in [0.25, 0.3) is 0 Å². The van der Waals surface area contributed by atoms with Gasteiger partial charge in [0, 0.05) is 0 Å². The lowest BCUT2D eigenvalue weighted by Gasteiger charge is -2.13. The molecule has 90 valence electrons. The predicted molar refractivity (Wildman–Crippen MR) is 62.7 cm³/mol. The summed E-state index contributed by atoms with van der Waals surface area (Å²) >= 11 is 0. The first-order chi connectivity index (χ1) is 8.29. The van der Waals surface area contributed by atoms with Crippen LogP contribution >= 0.6 is 0 Å². The summed E-state index contributed by atoms with van der Waals surface area (Å²) in [5, 5.41) is 10.9. The average molecular weight is 233 g/mol. The minimum atomic E-state index is -0.251. The van der Waals surface area contributed by atoms with Crippen molar-refractivity contribution in [2.24, 2.45) is 5.73 Å². The van der Waals surface area contributed by atoms with Gasteiger partial charge < -0.3 is 4.74 Å². The van der Waals surface area contributed by atoms with Crippen molar-refractivity contribution in [1.82, 2.24) is 20.2 Å². The highest BCUT2D eigenvalue weighted by Crippen LogP contribution is 2.15. The maximum atomic E-state index is 5.79. The summed E-state index contributed by atoms with van der Waals surface area (Å²) in [6.07, 6.45) is 3.14. The zero-order valence-corrected chi connectivity index (χ0v) is 9.65. The molecular weight excluding hydrogens is 218 g/mol. The summed E-state index contributed by atoms with van der Waals surface area (Å²) in [4.78, 5) is 0. The maximum Gasteiger partial charge on any atom is 0.147 e. The summed E-state index contributed by atoms with van der Waals surface area (Å²) in [5.41, 5.74) is 6.67. The third kappa shape index (κ3) is 3.01. The molecule has 0 fully saturated rings. The van der Waals surface area contributed by atoms with E-state index in [4.69, 9.17) is 10.5 Å². The number of hydrogen-bond donors (Lipinski definition) is 1. The minimum Gasteiger partial charge on any atom is -0.476 e. The van der Waals surface area contributed by atoms with Crippen LogP contribution in [0.25, 0.3) is 5.69 Å². The second-order valence-corrected chi connectivity index (χ2v) is 3.69. The molecule has 0 aliphatic rings. The van der Waals surface area contributed by atoms with Gasteiger partial charge in [-0.05, 0) is 41.1 Å². The molecule has 2 N–H and O–H groups in total. The van der Waals surface area contributed by atoms with Crippen molar-refractivity contribution in [2.75, 3.05) is 0 Å². The molecule has 0 saturated carbocycles. The van der Waals surface area contributed by atoms with Crippen LogP contribution in [0.1, 0.15) is 19.8 Å². The van der Waals surface area contributed by atoms with Crippen LogP contribution in [-0.2, 0) is 0 Å². The van der Waals surface area contributed by atoms with Gasteiger partial charge in [-0.25, -0.2) is 4.68 Å². The molecular formula is C11H15N5O. The van der Waals surface area contributed by atoms with E-state index < -0.39 is 0 Å². The molecule has 0 radical (unpaired) electrons. The second kappa shape index (κ2) is 5.40. The largest absolute Gasteiger partial charge is 0.476 e. The molecule has 0 aliphatic carbocycles. The Bertz CT molecular complexity index is 439. The van der Waals surface area contributed by atoms with E-state index in [2.05, 4.69) is 22.4 Å². The summed E-state index contributed by atoms with van der Waals surface area (Å²) in [5.74, 6) is 0.753. The fourth-order valence-electron chi connectivity index (χ4n) is 1.48. The van der Waals surface area contributed by atoms with Crippen molar-refractivity contribution >= 4 is 0 Å². The number of hydrogen-bond acceptors (Lipinski definition) is 5. The van der Waals surface area contributed by atoms with Crippen LogP contribution in [0.2, 0.25) is 0 Å². The molecule has 1 atom stereocenters. The van der Waals surface area contributed by atoms with E-state index in [1.165, 1.54) is 0 Å². The van der Waals surface area contributed by atoms with Gasteiger partial charge in [-0.2, -0.15) is 0 Å². The first-order valence-electron chi connectivity index (χ1n) is 5.55. The van der Waals surface area contributed by atoms with Crippen molar-refractivity contribution < 1.29 is 4.74 Å². The number of ether oxygens (including phenoxy) is 1. The molecule has 1 unspecified atom stereocenters. The summed E-state index contributed by atoms with van der Waals surface area (Å²) in [6, 6.07) is 7.47. The third-order valence-corrected chi connectivity index (χ3v) is 2.31. The monoisotopic (exact) mass is 233 g/mol. The molecule has 0 saturated heterocycles. The molecule has 0 amide bonds. The highest BCUT2D eigenvalue weighted by molar-refractivity contribution is 5.36. The highest BCUT2D eigenvalue weighted by atomic mass is 16.5. The lowest BCUT2D eigenvalue weighted by Crippen LogP contribution is -2.26. The smallest absolute Gasteiger partial charge is 0.147 e. The van der Waals surface area contributed by atoms with E-state index in [1.807, 2.05) is 24.3 Å². The second-order valence-electron chi connectivity index (χ2n) is 3.69. The Hall–Kier alpha value is -1.95. The topological polar surface area (TPSA) is 78.9 Å². The molecule has 1 aromatic heterocycles. The quantitative estimate of drug-likeness (QED) is 0.783. The molecule has 0 bridgehead atoms. The Kier molecular flexibility index (Phi) is 3.66. The van der Waals surface area contributed by atoms with Gasteiger partial charge in [0.2, 0.25) is 0 Å². The Labute approximate surface area is 99.4 Å². The molecule has 2 rings (SSSR count). The van der Waals surface area contributed by atoms with Crippen LogP contribution < -0.4 is 10.5 Å². The van der Waals surface area contributed by atoms with E-state index in [0.717, 1.165) is 24.3 Å². The standard InChI is InChI=1S/C11H15N5O/c1-2-3-11(12)17-10-6-4-9(5-7-10)16-8-13-14-15-16/h4-8,11H,2-3,12H2,1H3. The van der Waals surface area contributed by atoms with Crippen molar-refractivity contribution in [3.05, 3.63) is 30.6 Å². The molecule has 6 nitrogen and oxygen atoms in total. The van der Waals surface area contributed by atoms with Crippen LogP contribution in [0.5, 0.6) is 5.75 Å². The number of nitrogens with two attached hydrogens (primary N) is 1. The Balaban J connectivity index is 2.03. The minimum absolute atomic E-state index is 0.251. The fraction of sp³-hybridized carbons (Fsp3) is 0.364. The molecule has 2 aromatic rings. The number of tetrazole rings is 1. The molecule has 0 spiro atoms. The zero-order chi connectivity index (χ0) is 12.1. The van der Waals surface area contributed by atoms with Gasteiger partial charge in [-0.1, -0.05) is 13.3 Å². The van der Waals surface area contributed by atoms with Gasteiger partial charge >= 0.3 is 0 Å². The lowest BCUT2D eigenvalue weighted by atomic mass is 10.3. The van der Waals surface area contributed by atoms with Crippen molar-refractivity contribution in [3.63, 3.8) is 0 Å². The molecule has 1 heterocycles. The molecule has 0 aliphatic heterocycles. The van der Waals surface area contributed by atoms with Crippen LogP contribution in [0.15, 0.2) is 30.6 Å². The molecule has 17 heavy (non-hydrogen) atoms. The van der Waals surface area contributed by atoms with Crippen LogP contribution in [0.4, 0.5) is 0 Å². The fourth-order valence-corrected chi connectivity index (χ4v) is 1.48. The Morgan fingerprint density at radius 1 is 1.35 bits per heavy atom. The third-order valence-electron chi connectivity index (χ3n) is 2.31. The Morgan fingerprint density at radius 2 is 2.12 bits per heavy atom. The highest BCUT2D eigenvalue weighted by Gasteiger charge is 2.03. The van der Waals surface area contributed by atoms with Crippen LogP contribution in [0.3, 0.4) is 0 Å². The van der Waals surface area contributed by atoms with Gasteiger partial charge in [-0.3, -0.25) is 5.73 Å². The maximum absolute atomic E-state index is 5.79. The number of nitrogens with zero attached hydrogens (tertiary/aromatic N) is 4. The lowest BCUT2D eigenvalue weighted by molar-refractivity contribution is 0.197. The van der Waals surface area contributed by atoms with Crippen molar-refractivity contribution in [1.29, 1.82) is 0 Å². The summed E-state index contributed by atoms with van der Waals surface area (Å²) < 4.78 is 7.12. The first-order valence-corrected chi connectivity index (χ1v) is 5.55. The number of rotatable bonds is 5. The van der Waals surface area contributed by atoms with E-state index >= 15 is 0 Å². The van der Waals surface area contributed by atoms with Gasteiger partial charge in [0.1, 0.15) is 18.3 Å². The predicted octanol–water partition coefficient (Wildman–Crippen LogP) is 1.13. The van der Waals surface area contributed by atoms with Gasteiger partial charge in [-0.15, -0.1) is 5.10 Å². The van der Waals surface area contributed by atoms with E-state index in [0.29, 0.717) is 0 Å². The average Bonchev–Trinajstić information content (AvgIpc) is 2.84. The van der Waals surface area contributed by atoms with E-state index in [1.54, 1.807) is 11.0 Å². The van der Waals surface area contributed by atoms with Crippen LogP contribution in [-0.4, -0.2) is 26.4 Å². The van der Waals surface area contributed by atoms with Crippen LogP contribution in [0, 0.1) is 0 Å². The van der Waals surface area contributed by atoms with E-state index in [-0.39, 0.29) is 6.23 Å². The van der Waals surface area contributed by atoms with Crippen molar-refractivity contribution in [2.45, 2.75) is 26.0 Å². The zero-order valence-electron chi connectivity index (χ0n) is 9.65. The molecule has 1 aromatic carbocycles. The van der Waals surface area contributed by atoms with Crippen molar-refractivity contribution in [3.8, 4) is 11.4 Å². The summed E-state index contributed by atoms with van der Waals surface area (Å²) in [7, 11) is 0. The van der Waals surface area contributed by atoms with E-state index in [9.17, 15) is 0 Å². The van der Waals surface area contributed by atoms with Gasteiger partial charge in [0.15, 0.2) is 0 Å². The van der Waals surface area contributed by atoms with Gasteiger partial charge in [0.05, 0.1) is 5.69 Å². The SMILES string of the molecule is CCCC(N)Oc1ccc(-n2cnnn2)cc1. The molecule has 6 heteroatoms. The Morgan fingerprint density at radius 3 is 2.71 bits per heavy atom. The summed E-state index contributed by atoms with van der Waals surface area (Å²) in [6.45, 7) is 2.07. The number of aromatic nitrogens is 4. The normalized spacial score (nSPS) is 12.4. The first kappa shape index (κ1) is 11.5.